The Labute approximate surface area is 350 Å². The van der Waals surface area contributed by atoms with Crippen LogP contribution in [0.1, 0.15) is 68.6 Å². The number of ether oxygens (including phenoxy) is 4. The first-order valence-corrected chi connectivity index (χ1v) is 19.7. The highest BCUT2D eigenvalue weighted by Gasteiger charge is 2.21. The molecule has 1 aromatic carbocycles. The van der Waals surface area contributed by atoms with Crippen LogP contribution >= 0.6 is 0 Å². The second-order valence-electron chi connectivity index (χ2n) is 12.8. The Balaban J connectivity index is 0.00000246. The summed E-state index contributed by atoms with van der Waals surface area (Å²) in [5.74, 6) is -4.13. The molecule has 0 spiro atoms. The lowest BCUT2D eigenvalue weighted by molar-refractivity contribution is -0.143. The number of carbonyl (C=O) groups is 8. The predicted molar refractivity (Wildman–Crippen MR) is 217 cm³/mol. The molecule has 0 bridgehead atoms. The van der Waals surface area contributed by atoms with E-state index < -0.39 is 42.4 Å². The van der Waals surface area contributed by atoms with E-state index >= 15 is 0 Å². The minimum Gasteiger partial charge on any atom is -0.480 e. The molecule has 0 saturated carbocycles. The SMILES string of the molecule is CCCNc1ccc(C=O)cc1.CNC(CCCCNC(=O)CCC(NC(=O)COCCOCCNC(=O)COCCOCCNC(=O)CCC(=O)NO)C(=O)O)C(N)=O. The maximum atomic E-state index is 12.1. The molecule has 22 heteroatoms. The van der Waals surface area contributed by atoms with E-state index in [-0.39, 0.29) is 103 Å². The Morgan fingerprint density at radius 1 is 0.667 bits per heavy atom. The molecule has 0 aliphatic heterocycles. The molecule has 0 aromatic heterocycles. The minimum absolute atomic E-state index is 0.0453. The smallest absolute Gasteiger partial charge is 0.326 e. The molecule has 22 nitrogen and oxygen atoms in total. The number of carboxylic acids is 1. The summed E-state index contributed by atoms with van der Waals surface area (Å²) in [5.41, 5.74) is 8.47. The number of hydrogen-bond donors (Lipinski definition) is 10. The quantitative estimate of drug-likeness (QED) is 0.0162. The summed E-state index contributed by atoms with van der Waals surface area (Å²) in [7, 11) is 1.64. The van der Waals surface area contributed by atoms with Crippen molar-refractivity contribution in [2.75, 3.05) is 91.4 Å². The van der Waals surface area contributed by atoms with Gasteiger partial charge < -0.3 is 61.7 Å². The molecule has 6 amide bonds. The third kappa shape index (κ3) is 31.7. The van der Waals surface area contributed by atoms with Crippen molar-refractivity contribution in [2.24, 2.45) is 5.73 Å². The van der Waals surface area contributed by atoms with Gasteiger partial charge in [0, 0.05) is 56.7 Å². The van der Waals surface area contributed by atoms with Crippen molar-refractivity contribution in [1.82, 2.24) is 32.1 Å². The normalized spacial score (nSPS) is 11.4. The van der Waals surface area contributed by atoms with Crippen molar-refractivity contribution < 1.29 is 67.6 Å². The molecule has 60 heavy (non-hydrogen) atoms. The summed E-state index contributed by atoms with van der Waals surface area (Å²) in [6.45, 7) is 4.20. The Hall–Kier alpha value is -5.26. The van der Waals surface area contributed by atoms with Crippen LogP contribution < -0.4 is 43.1 Å². The summed E-state index contributed by atoms with van der Waals surface area (Å²) in [6, 6.07) is 5.75. The van der Waals surface area contributed by atoms with Crippen LogP contribution in [0.5, 0.6) is 0 Å². The summed E-state index contributed by atoms with van der Waals surface area (Å²) < 4.78 is 20.9. The van der Waals surface area contributed by atoms with E-state index in [0.29, 0.717) is 25.8 Å². The molecular formula is C38H64N8O14. The van der Waals surface area contributed by atoms with E-state index in [0.717, 1.165) is 30.5 Å². The monoisotopic (exact) mass is 856 g/mol. The number of primary amides is 1. The lowest BCUT2D eigenvalue weighted by Crippen LogP contribution is -2.43. The first kappa shape index (κ1) is 54.7. The molecule has 2 unspecified atom stereocenters. The lowest BCUT2D eigenvalue weighted by Gasteiger charge is -2.15. The van der Waals surface area contributed by atoms with Gasteiger partial charge in [-0.2, -0.15) is 0 Å². The molecular weight excluding hydrogens is 792 g/mol. The van der Waals surface area contributed by atoms with Gasteiger partial charge in [0.15, 0.2) is 0 Å². The van der Waals surface area contributed by atoms with Gasteiger partial charge in [0.25, 0.3) is 0 Å². The second-order valence-corrected chi connectivity index (χ2v) is 12.8. The number of unbranched alkanes of at least 4 members (excludes halogenated alkanes) is 1. The summed E-state index contributed by atoms with van der Waals surface area (Å²) in [6.07, 6.45) is 3.36. The fourth-order valence-electron chi connectivity index (χ4n) is 4.65. The van der Waals surface area contributed by atoms with Crippen LogP contribution in [-0.4, -0.2) is 156 Å². The van der Waals surface area contributed by atoms with Gasteiger partial charge >= 0.3 is 5.97 Å². The molecule has 0 saturated heterocycles. The zero-order chi connectivity index (χ0) is 44.8. The van der Waals surface area contributed by atoms with E-state index in [4.69, 9.17) is 29.9 Å². The molecule has 1 rings (SSSR count). The van der Waals surface area contributed by atoms with Crippen LogP contribution in [0.15, 0.2) is 24.3 Å². The number of rotatable bonds is 35. The lowest BCUT2D eigenvalue weighted by atomic mass is 10.1. The third-order valence-electron chi connectivity index (χ3n) is 7.90. The molecule has 2 atom stereocenters. The van der Waals surface area contributed by atoms with Crippen molar-refractivity contribution in [2.45, 2.75) is 70.4 Å². The van der Waals surface area contributed by atoms with Crippen molar-refractivity contribution in [3.8, 4) is 0 Å². The first-order chi connectivity index (χ1) is 28.9. The highest BCUT2D eigenvalue weighted by molar-refractivity contribution is 5.85. The standard InChI is InChI=1S/C28H51N7O13.C10H13NO/c1-30-20(27(29)41)4-2-3-9-31-22(36)6-5-21(28(42)43)34-26(40)19-48-17-15-46-13-11-33-25(39)18-47-16-14-45-12-10-32-23(37)7-8-24(38)35-44;1-2-7-11-10-5-3-9(8-12)4-6-10/h20-21,30,44H,2-19H2,1H3,(H2,29,41)(H,31,36)(H,32,37)(H,33,39)(H,34,40)(H,35,38)(H,42,43);3-6,8,11H,2,7H2,1H3. The molecule has 11 N–H and O–H groups in total. The molecule has 1 aromatic rings. The Morgan fingerprint density at radius 3 is 1.77 bits per heavy atom. The van der Waals surface area contributed by atoms with Gasteiger partial charge in [-0.3, -0.25) is 38.8 Å². The molecule has 0 aliphatic carbocycles. The maximum Gasteiger partial charge on any atom is 0.326 e. The fraction of sp³-hybridized carbons (Fsp3) is 0.632. The van der Waals surface area contributed by atoms with Crippen molar-refractivity contribution >= 4 is 53.4 Å². The number of hydrogen-bond acceptors (Lipinski definition) is 15. The van der Waals surface area contributed by atoms with Gasteiger partial charge in [-0.05, 0) is 63.4 Å². The van der Waals surface area contributed by atoms with Crippen molar-refractivity contribution in [1.29, 1.82) is 0 Å². The van der Waals surface area contributed by atoms with Gasteiger partial charge in [0.05, 0.1) is 45.7 Å². The van der Waals surface area contributed by atoms with Gasteiger partial charge in [-0.1, -0.05) is 6.92 Å². The molecule has 0 radical (unpaired) electrons. The zero-order valence-corrected chi connectivity index (χ0v) is 34.6. The van der Waals surface area contributed by atoms with Gasteiger partial charge in [-0.15, -0.1) is 0 Å². The van der Waals surface area contributed by atoms with Crippen molar-refractivity contribution in [3.63, 3.8) is 0 Å². The molecule has 340 valence electrons. The molecule has 0 aliphatic rings. The van der Waals surface area contributed by atoms with Crippen molar-refractivity contribution in [3.05, 3.63) is 29.8 Å². The number of carboxylic acid groups (broad SMARTS) is 1. The Bertz CT molecular complexity index is 1400. The number of hydroxylamine groups is 1. The second kappa shape index (κ2) is 36.8. The Kier molecular flexibility index (Phi) is 33.6. The number of anilines is 1. The number of carbonyl (C=O) groups excluding carboxylic acids is 7. The van der Waals surface area contributed by atoms with E-state index in [1.165, 1.54) is 5.48 Å². The number of aliphatic carboxylic acids is 1. The summed E-state index contributed by atoms with van der Waals surface area (Å²) in [5, 5.41) is 33.9. The van der Waals surface area contributed by atoms with Crippen LogP contribution in [-0.2, 0) is 52.5 Å². The third-order valence-corrected chi connectivity index (χ3v) is 7.90. The summed E-state index contributed by atoms with van der Waals surface area (Å²) >= 11 is 0. The number of likely N-dealkylation sites (N-methyl/N-ethyl adjacent to an activating group) is 1. The number of benzene rings is 1. The largest absolute Gasteiger partial charge is 0.480 e. The average Bonchev–Trinajstić information content (AvgIpc) is 3.23. The van der Waals surface area contributed by atoms with Crippen LogP contribution in [0.2, 0.25) is 0 Å². The van der Waals surface area contributed by atoms with Crippen LogP contribution in [0.3, 0.4) is 0 Å². The maximum absolute atomic E-state index is 12.1. The van der Waals surface area contributed by atoms with E-state index in [2.05, 4.69) is 38.8 Å². The first-order valence-electron chi connectivity index (χ1n) is 19.7. The van der Waals surface area contributed by atoms with Gasteiger partial charge in [-0.25, -0.2) is 10.3 Å². The molecule has 0 heterocycles. The van der Waals surface area contributed by atoms with Crippen LogP contribution in [0, 0.1) is 0 Å². The average molecular weight is 857 g/mol. The fourth-order valence-corrected chi connectivity index (χ4v) is 4.65. The number of nitrogens with one attached hydrogen (secondary N) is 7. The van der Waals surface area contributed by atoms with E-state index in [1.54, 1.807) is 7.05 Å². The molecule has 0 fully saturated rings. The number of aldehydes is 1. The van der Waals surface area contributed by atoms with Gasteiger partial charge in [0.1, 0.15) is 25.5 Å². The summed E-state index contributed by atoms with van der Waals surface area (Å²) in [4.78, 5) is 91.1. The Morgan fingerprint density at radius 2 is 1.22 bits per heavy atom. The number of nitrogens with two attached hydrogens (primary N) is 1. The number of amides is 6. The highest BCUT2D eigenvalue weighted by atomic mass is 16.5. The minimum atomic E-state index is -1.28. The van der Waals surface area contributed by atoms with Gasteiger partial charge in [0.2, 0.25) is 35.4 Å². The van der Waals surface area contributed by atoms with E-state index in [9.17, 15) is 43.5 Å². The zero-order valence-electron chi connectivity index (χ0n) is 34.6. The van der Waals surface area contributed by atoms with Crippen LogP contribution in [0.25, 0.3) is 0 Å². The van der Waals surface area contributed by atoms with Crippen LogP contribution in [0.4, 0.5) is 5.69 Å². The predicted octanol–water partition coefficient (Wildman–Crippen LogP) is -1.40. The van der Waals surface area contributed by atoms with E-state index in [1.807, 2.05) is 24.3 Å². The topological polar surface area (TPSA) is 324 Å². The highest BCUT2D eigenvalue weighted by Crippen LogP contribution is 2.07.